The van der Waals surface area contributed by atoms with Crippen LogP contribution in [0, 0.1) is 5.92 Å². The summed E-state index contributed by atoms with van der Waals surface area (Å²) in [5.41, 5.74) is 2.22. The van der Waals surface area contributed by atoms with Crippen LogP contribution in [0.15, 0.2) is 40.6 Å². The van der Waals surface area contributed by atoms with Crippen molar-refractivity contribution in [1.82, 2.24) is 0 Å². The fourth-order valence-electron chi connectivity index (χ4n) is 2.15. The van der Waals surface area contributed by atoms with Crippen LogP contribution in [0.1, 0.15) is 39.2 Å². The molecule has 1 heterocycles. The van der Waals surface area contributed by atoms with E-state index in [0.717, 1.165) is 10.6 Å². The largest absolute Gasteiger partial charge is 0.444 e. The van der Waals surface area contributed by atoms with Crippen molar-refractivity contribution in [2.24, 2.45) is 10.9 Å². The summed E-state index contributed by atoms with van der Waals surface area (Å²) in [4.78, 5) is 4.78. The van der Waals surface area contributed by atoms with Gasteiger partial charge in [0.1, 0.15) is 11.3 Å². The highest BCUT2D eigenvalue weighted by Crippen LogP contribution is 2.39. The Labute approximate surface area is 130 Å². The van der Waals surface area contributed by atoms with Crippen molar-refractivity contribution in [2.45, 2.75) is 39.2 Å². The summed E-state index contributed by atoms with van der Waals surface area (Å²) in [5.74, 6) is 1.79. The first-order valence-electron chi connectivity index (χ1n) is 6.72. The molecule has 0 spiro atoms. The Bertz CT molecular complexity index is 548. The first kappa shape index (κ1) is 15.4. The molecule has 0 bridgehead atoms. The molecule has 0 fully saturated rings. The molecule has 20 heavy (non-hydrogen) atoms. The third-order valence-corrected chi connectivity index (χ3v) is 4.47. The van der Waals surface area contributed by atoms with Gasteiger partial charge in [-0.2, -0.15) is 0 Å². The van der Waals surface area contributed by atoms with Crippen LogP contribution in [0.5, 0.6) is 0 Å². The number of hydrogen-bond acceptors (Lipinski definition) is 2. The average Bonchev–Trinajstić information content (AvgIpc) is 2.77. The smallest absolute Gasteiger partial charge is 0.198 e. The Balaban J connectivity index is 2.32. The van der Waals surface area contributed by atoms with Crippen LogP contribution in [-0.2, 0) is 4.74 Å². The molecule has 1 aliphatic heterocycles. The van der Waals surface area contributed by atoms with Gasteiger partial charge in [0.2, 0.25) is 0 Å². The number of halogens is 2. The van der Waals surface area contributed by atoms with Crippen molar-refractivity contribution in [1.29, 1.82) is 0 Å². The number of ether oxygens (including phenoxy) is 1. The second kappa shape index (κ2) is 5.79. The Morgan fingerprint density at radius 1 is 1.20 bits per heavy atom. The van der Waals surface area contributed by atoms with E-state index in [9.17, 15) is 0 Å². The van der Waals surface area contributed by atoms with E-state index in [2.05, 4.69) is 20.8 Å². The fourth-order valence-corrected chi connectivity index (χ4v) is 2.54. The number of rotatable bonds is 3. The normalized spacial score (nSPS) is 25.8. The van der Waals surface area contributed by atoms with Crippen LogP contribution >= 0.6 is 23.2 Å². The topological polar surface area (TPSA) is 21.6 Å². The van der Waals surface area contributed by atoms with Gasteiger partial charge >= 0.3 is 0 Å². The number of aliphatic imine (C=N–C) groups is 1. The molecule has 0 saturated carbocycles. The lowest BCUT2D eigenvalue weighted by atomic mass is 9.88. The summed E-state index contributed by atoms with van der Waals surface area (Å²) in [6.07, 6.45) is 0. The van der Waals surface area contributed by atoms with E-state index in [1.165, 1.54) is 5.54 Å². The maximum atomic E-state index is 5.92. The minimum atomic E-state index is -0.391. The molecule has 0 saturated heterocycles. The molecule has 0 aliphatic carbocycles. The predicted molar refractivity (Wildman–Crippen MR) is 85.6 cm³/mol. The Hall–Kier alpha value is -0.990. The van der Waals surface area contributed by atoms with Gasteiger partial charge in [0.25, 0.3) is 0 Å². The lowest BCUT2D eigenvalue weighted by Crippen LogP contribution is -2.28. The molecular formula is C16H19Cl2NO. The molecule has 2 unspecified atom stereocenters. The molecule has 1 aromatic carbocycles. The van der Waals surface area contributed by atoms with Crippen molar-refractivity contribution in [3.05, 3.63) is 46.1 Å². The van der Waals surface area contributed by atoms with E-state index in [-0.39, 0.29) is 5.92 Å². The average molecular weight is 312 g/mol. The minimum absolute atomic E-state index is 0.0689. The molecule has 1 aromatic rings. The van der Waals surface area contributed by atoms with Crippen molar-refractivity contribution >= 4 is 29.1 Å². The van der Waals surface area contributed by atoms with Gasteiger partial charge in [-0.25, -0.2) is 4.99 Å². The lowest BCUT2D eigenvalue weighted by molar-refractivity contribution is 0.308. The molecule has 1 aliphatic rings. The second-order valence-electron chi connectivity index (χ2n) is 5.60. The van der Waals surface area contributed by atoms with Crippen LogP contribution < -0.4 is 0 Å². The van der Waals surface area contributed by atoms with E-state index in [0.29, 0.717) is 17.6 Å². The fraction of sp³-hybridized carbons (Fsp3) is 0.438. The zero-order valence-corrected chi connectivity index (χ0v) is 13.7. The maximum Gasteiger partial charge on any atom is 0.198 e. The standard InChI is InChI=1S/C16H19Cl2NO/c1-10(2)16(4)14(9-17)20-15(19-16)11(3)12-5-7-13(18)8-6-12/h5-11H,1-4H3. The summed E-state index contributed by atoms with van der Waals surface area (Å²) >= 11 is 11.8. The van der Waals surface area contributed by atoms with Crippen molar-refractivity contribution in [3.8, 4) is 0 Å². The van der Waals surface area contributed by atoms with Crippen LogP contribution in [0.2, 0.25) is 5.02 Å². The molecule has 0 amide bonds. The molecule has 4 heteroatoms. The Morgan fingerprint density at radius 3 is 2.25 bits per heavy atom. The summed E-state index contributed by atoms with van der Waals surface area (Å²) in [5, 5.41) is 0.726. The highest BCUT2D eigenvalue weighted by molar-refractivity contribution is 6.30. The Morgan fingerprint density at radius 2 is 1.80 bits per heavy atom. The third-order valence-electron chi connectivity index (χ3n) is 4.02. The van der Waals surface area contributed by atoms with Gasteiger partial charge in [-0.3, -0.25) is 0 Å². The molecule has 0 radical (unpaired) electrons. The van der Waals surface area contributed by atoms with Crippen LogP contribution in [0.4, 0.5) is 0 Å². The van der Waals surface area contributed by atoms with E-state index in [1.54, 1.807) is 0 Å². The number of nitrogens with zero attached hydrogens (tertiary/aromatic N) is 1. The van der Waals surface area contributed by atoms with Gasteiger partial charge in [0.05, 0.1) is 5.92 Å². The van der Waals surface area contributed by atoms with Gasteiger partial charge in [-0.15, -0.1) is 0 Å². The quantitative estimate of drug-likeness (QED) is 0.735. The number of hydrogen-bond donors (Lipinski definition) is 0. The molecular weight excluding hydrogens is 293 g/mol. The highest BCUT2D eigenvalue weighted by Gasteiger charge is 2.41. The summed E-state index contributed by atoms with van der Waals surface area (Å²) in [6, 6.07) is 7.74. The lowest BCUT2D eigenvalue weighted by Gasteiger charge is -2.24. The molecule has 2 nitrogen and oxygen atoms in total. The van der Waals surface area contributed by atoms with Crippen molar-refractivity contribution in [2.75, 3.05) is 0 Å². The highest BCUT2D eigenvalue weighted by atomic mass is 35.5. The molecule has 2 rings (SSSR count). The Kier molecular flexibility index (Phi) is 4.46. The first-order valence-corrected chi connectivity index (χ1v) is 7.54. The molecule has 0 aromatic heterocycles. The van der Waals surface area contributed by atoms with Gasteiger partial charge in [-0.05, 0) is 37.5 Å². The van der Waals surface area contributed by atoms with E-state index in [1.807, 2.05) is 31.2 Å². The van der Waals surface area contributed by atoms with Crippen LogP contribution in [-0.4, -0.2) is 11.4 Å². The number of benzene rings is 1. The third kappa shape index (κ3) is 2.72. The predicted octanol–water partition coefficient (Wildman–Crippen LogP) is 5.37. The van der Waals surface area contributed by atoms with E-state index < -0.39 is 5.54 Å². The molecule has 108 valence electrons. The monoisotopic (exact) mass is 311 g/mol. The van der Waals surface area contributed by atoms with Crippen LogP contribution in [0.25, 0.3) is 0 Å². The van der Waals surface area contributed by atoms with Gasteiger partial charge < -0.3 is 4.74 Å². The van der Waals surface area contributed by atoms with E-state index >= 15 is 0 Å². The SMILES string of the molecule is CC(C1=NC(C)(C(C)C)C(=CCl)O1)c1ccc(Cl)cc1. The van der Waals surface area contributed by atoms with Gasteiger partial charge in [-0.1, -0.05) is 49.2 Å². The minimum Gasteiger partial charge on any atom is -0.444 e. The zero-order valence-electron chi connectivity index (χ0n) is 12.2. The molecule has 2 atom stereocenters. The van der Waals surface area contributed by atoms with Crippen molar-refractivity contribution in [3.63, 3.8) is 0 Å². The van der Waals surface area contributed by atoms with Crippen molar-refractivity contribution < 1.29 is 4.74 Å². The summed E-state index contributed by atoms with van der Waals surface area (Å²) < 4.78 is 5.88. The summed E-state index contributed by atoms with van der Waals surface area (Å²) in [6.45, 7) is 8.35. The second-order valence-corrected chi connectivity index (χ2v) is 6.26. The van der Waals surface area contributed by atoms with E-state index in [4.69, 9.17) is 32.9 Å². The van der Waals surface area contributed by atoms with Crippen LogP contribution in [0.3, 0.4) is 0 Å². The van der Waals surface area contributed by atoms with Gasteiger partial charge in [0, 0.05) is 10.6 Å². The first-order chi connectivity index (χ1) is 9.38. The summed E-state index contributed by atoms with van der Waals surface area (Å²) in [7, 11) is 0. The maximum absolute atomic E-state index is 5.92. The van der Waals surface area contributed by atoms with Gasteiger partial charge in [0.15, 0.2) is 5.90 Å². The zero-order chi connectivity index (χ0) is 14.9. The molecule has 0 N–H and O–H groups in total.